The van der Waals surface area contributed by atoms with Crippen LogP contribution >= 0.6 is 12.4 Å². The van der Waals surface area contributed by atoms with Crippen molar-refractivity contribution in [2.24, 2.45) is 0 Å². The van der Waals surface area contributed by atoms with Crippen molar-refractivity contribution in [3.63, 3.8) is 0 Å². The maximum Gasteiger partial charge on any atom is 0.223 e. The average molecular weight is 278 g/mol. The van der Waals surface area contributed by atoms with Gasteiger partial charge in [0.1, 0.15) is 0 Å². The topological polar surface area (TPSA) is 51.0 Å². The molecule has 2 aromatic rings. The Bertz CT molecular complexity index is 610. The van der Waals surface area contributed by atoms with Gasteiger partial charge < -0.3 is 9.84 Å². The van der Waals surface area contributed by atoms with E-state index in [1.807, 2.05) is 6.92 Å². The molecule has 2 atom stereocenters. The van der Waals surface area contributed by atoms with Gasteiger partial charge in [-0.1, -0.05) is 17.3 Å². The van der Waals surface area contributed by atoms with E-state index in [0.717, 1.165) is 18.7 Å². The summed E-state index contributed by atoms with van der Waals surface area (Å²) in [5.41, 5.74) is 4.05. The van der Waals surface area contributed by atoms with Crippen molar-refractivity contribution in [2.45, 2.75) is 25.2 Å². The number of fused-ring (bicyclic) bond motifs is 5. The summed E-state index contributed by atoms with van der Waals surface area (Å²) < 4.78 is 5.05. The van der Waals surface area contributed by atoms with E-state index in [0.29, 0.717) is 23.6 Å². The van der Waals surface area contributed by atoms with Crippen molar-refractivity contribution >= 4 is 12.4 Å². The quantitative estimate of drug-likeness (QED) is 0.871. The van der Waals surface area contributed by atoms with Crippen LogP contribution in [0.3, 0.4) is 0 Å². The molecule has 1 aromatic carbocycles. The molecule has 100 valence electrons. The van der Waals surface area contributed by atoms with Crippen LogP contribution < -0.4 is 5.32 Å². The fraction of sp³-hybridized carbons (Fsp3) is 0.429. The minimum Gasteiger partial charge on any atom is -0.339 e. The Balaban J connectivity index is 0.00000110. The van der Waals surface area contributed by atoms with Gasteiger partial charge in [-0.25, -0.2) is 0 Å². The second-order valence-electron chi connectivity index (χ2n) is 5.27. The zero-order chi connectivity index (χ0) is 12.1. The van der Waals surface area contributed by atoms with Gasteiger partial charge in [0.05, 0.1) is 0 Å². The van der Waals surface area contributed by atoms with Gasteiger partial charge in [-0.3, -0.25) is 0 Å². The molecule has 4 rings (SSSR count). The van der Waals surface area contributed by atoms with Crippen LogP contribution in [-0.2, 0) is 0 Å². The molecule has 2 unspecified atom stereocenters. The second-order valence-corrected chi connectivity index (χ2v) is 5.27. The molecule has 4 nitrogen and oxygen atoms in total. The molecule has 1 N–H and O–H groups in total. The lowest BCUT2D eigenvalue weighted by atomic mass is 9.98. The zero-order valence-electron chi connectivity index (χ0n) is 10.7. The van der Waals surface area contributed by atoms with Gasteiger partial charge in [0.15, 0.2) is 0 Å². The van der Waals surface area contributed by atoms with E-state index in [1.54, 1.807) is 0 Å². The largest absolute Gasteiger partial charge is 0.339 e. The summed E-state index contributed by atoms with van der Waals surface area (Å²) in [6.07, 6.45) is 1.29. The van der Waals surface area contributed by atoms with Gasteiger partial charge in [0.2, 0.25) is 11.7 Å². The third kappa shape index (κ3) is 1.95. The number of benzene rings is 1. The van der Waals surface area contributed by atoms with Gasteiger partial charge in [-0.15, -0.1) is 12.4 Å². The van der Waals surface area contributed by atoms with Crippen LogP contribution in [0.25, 0.3) is 11.4 Å². The lowest BCUT2D eigenvalue weighted by Crippen LogP contribution is -2.28. The number of nitrogens with one attached hydrogen (secondary N) is 1. The molecule has 1 aliphatic heterocycles. The van der Waals surface area contributed by atoms with Gasteiger partial charge in [-0.05, 0) is 35.4 Å². The number of halogens is 1. The second kappa shape index (κ2) is 4.62. The Morgan fingerprint density at radius 2 is 2.00 bits per heavy atom. The molecule has 0 saturated carbocycles. The van der Waals surface area contributed by atoms with E-state index in [1.165, 1.54) is 17.5 Å². The standard InChI is InChI=1S/C14H15N3O.ClH/c1-8-16-14(17-18-8)9-2-3-12-10-4-11(7-15-6-10)13(12)5-9;/h2-3,5,10-11,15H,4,6-7H2,1H3;1H. The Kier molecular flexibility index (Phi) is 3.07. The van der Waals surface area contributed by atoms with Crippen LogP contribution in [0.4, 0.5) is 0 Å². The Labute approximate surface area is 118 Å². The molecule has 0 radical (unpaired) electrons. The first-order valence-corrected chi connectivity index (χ1v) is 6.46. The molecular formula is C14H16ClN3O. The van der Waals surface area contributed by atoms with Crippen LogP contribution in [0.1, 0.15) is 35.3 Å². The normalized spacial score (nSPS) is 23.8. The molecule has 2 bridgehead atoms. The summed E-state index contributed by atoms with van der Waals surface area (Å²) in [6.45, 7) is 4.03. The maximum atomic E-state index is 5.05. The van der Waals surface area contributed by atoms with Crippen LogP contribution in [0, 0.1) is 6.92 Å². The van der Waals surface area contributed by atoms with Gasteiger partial charge in [0, 0.05) is 25.6 Å². The predicted octanol–water partition coefficient (Wildman–Crippen LogP) is 2.64. The first-order valence-electron chi connectivity index (χ1n) is 6.46. The summed E-state index contributed by atoms with van der Waals surface area (Å²) in [6, 6.07) is 6.61. The Hall–Kier alpha value is -1.39. The number of aryl methyl sites for hydroxylation is 1. The van der Waals surface area contributed by atoms with Crippen molar-refractivity contribution in [3.8, 4) is 11.4 Å². The third-order valence-electron chi connectivity index (χ3n) is 4.10. The lowest BCUT2D eigenvalue weighted by molar-refractivity contribution is 0.394. The average Bonchev–Trinajstić information content (AvgIpc) is 2.93. The van der Waals surface area contributed by atoms with E-state index < -0.39 is 0 Å². The minimum absolute atomic E-state index is 0. The molecule has 0 amide bonds. The van der Waals surface area contributed by atoms with E-state index in [4.69, 9.17) is 4.52 Å². The Morgan fingerprint density at radius 1 is 1.21 bits per heavy atom. The number of aromatic nitrogens is 2. The molecule has 2 aliphatic rings. The first-order chi connectivity index (χ1) is 8.81. The highest BCUT2D eigenvalue weighted by Crippen LogP contribution is 2.44. The molecule has 19 heavy (non-hydrogen) atoms. The highest BCUT2D eigenvalue weighted by Gasteiger charge is 2.34. The predicted molar refractivity (Wildman–Crippen MR) is 74.7 cm³/mol. The number of hydrogen-bond donors (Lipinski definition) is 1. The molecule has 1 fully saturated rings. The zero-order valence-corrected chi connectivity index (χ0v) is 11.5. The molecule has 2 heterocycles. The van der Waals surface area contributed by atoms with Gasteiger partial charge >= 0.3 is 0 Å². The monoisotopic (exact) mass is 277 g/mol. The maximum absolute atomic E-state index is 5.05. The Morgan fingerprint density at radius 3 is 2.74 bits per heavy atom. The number of hydrogen-bond acceptors (Lipinski definition) is 4. The van der Waals surface area contributed by atoms with Crippen molar-refractivity contribution in [1.29, 1.82) is 0 Å². The minimum atomic E-state index is 0. The highest BCUT2D eigenvalue weighted by molar-refractivity contribution is 5.85. The van der Waals surface area contributed by atoms with Crippen molar-refractivity contribution < 1.29 is 4.52 Å². The van der Waals surface area contributed by atoms with Gasteiger partial charge in [-0.2, -0.15) is 4.98 Å². The summed E-state index contributed by atoms with van der Waals surface area (Å²) >= 11 is 0. The molecular weight excluding hydrogens is 262 g/mol. The van der Waals surface area contributed by atoms with Gasteiger partial charge in [0.25, 0.3) is 0 Å². The summed E-state index contributed by atoms with van der Waals surface area (Å²) in [4.78, 5) is 4.30. The van der Waals surface area contributed by atoms with Crippen LogP contribution in [0.15, 0.2) is 22.7 Å². The van der Waals surface area contributed by atoms with Crippen LogP contribution in [0.2, 0.25) is 0 Å². The molecule has 1 aliphatic carbocycles. The van der Waals surface area contributed by atoms with E-state index in [-0.39, 0.29) is 12.4 Å². The molecule has 0 spiro atoms. The smallest absolute Gasteiger partial charge is 0.223 e. The third-order valence-corrected chi connectivity index (χ3v) is 4.10. The van der Waals surface area contributed by atoms with Crippen molar-refractivity contribution in [2.75, 3.05) is 13.1 Å². The molecule has 1 aromatic heterocycles. The fourth-order valence-electron chi connectivity index (χ4n) is 3.27. The summed E-state index contributed by atoms with van der Waals surface area (Å²) in [5.74, 6) is 2.67. The number of rotatable bonds is 1. The fourth-order valence-corrected chi connectivity index (χ4v) is 3.27. The van der Waals surface area contributed by atoms with E-state index >= 15 is 0 Å². The lowest BCUT2D eigenvalue weighted by Gasteiger charge is -2.19. The van der Waals surface area contributed by atoms with Crippen molar-refractivity contribution in [1.82, 2.24) is 15.5 Å². The van der Waals surface area contributed by atoms with E-state index in [9.17, 15) is 0 Å². The summed E-state index contributed by atoms with van der Waals surface area (Å²) in [5, 5.41) is 7.50. The molecule has 1 saturated heterocycles. The SMILES string of the molecule is Cc1nc(-c2ccc3c(c2)C2CNCC3C2)no1.Cl. The first kappa shape index (κ1) is 12.6. The highest BCUT2D eigenvalue weighted by atomic mass is 35.5. The number of piperidine rings is 1. The number of nitrogens with zero attached hydrogens (tertiary/aromatic N) is 2. The van der Waals surface area contributed by atoms with Crippen LogP contribution in [0.5, 0.6) is 0 Å². The summed E-state index contributed by atoms with van der Waals surface area (Å²) in [7, 11) is 0. The molecule has 5 heteroatoms. The van der Waals surface area contributed by atoms with Crippen LogP contribution in [-0.4, -0.2) is 23.2 Å². The van der Waals surface area contributed by atoms with Crippen molar-refractivity contribution in [3.05, 3.63) is 35.2 Å². The van der Waals surface area contributed by atoms with E-state index in [2.05, 4.69) is 33.7 Å².